The van der Waals surface area contributed by atoms with Gasteiger partial charge < -0.3 is 18.9 Å². The quantitative estimate of drug-likeness (QED) is 0.850. The highest BCUT2D eigenvalue weighted by Gasteiger charge is 2.46. The van der Waals surface area contributed by atoms with Crippen LogP contribution in [0.3, 0.4) is 0 Å². The van der Waals surface area contributed by atoms with Gasteiger partial charge in [0, 0.05) is 0 Å². The molecular weight excluding hydrogens is 256 g/mol. The van der Waals surface area contributed by atoms with Crippen LogP contribution in [0.15, 0.2) is 18.2 Å². The average Bonchev–Trinajstić information content (AvgIpc) is 2.74. The van der Waals surface area contributed by atoms with Crippen LogP contribution < -0.4 is 0 Å². The standard InChI is InChI=1S/C16H22O4/c1-10-5-4-6-11(2)13(10)9-19-14-12(3)20-16-15(14)17-7-8-18-16/h4-6,12,14-16H,7-9H2,1-3H3/t12-,14+,15-,16+/m1/s1. The minimum atomic E-state index is -0.276. The third kappa shape index (κ3) is 2.61. The first kappa shape index (κ1) is 14.0. The molecule has 20 heavy (non-hydrogen) atoms. The molecule has 1 aromatic rings. The first-order chi connectivity index (χ1) is 9.66. The van der Waals surface area contributed by atoms with Crippen LogP contribution in [0.5, 0.6) is 0 Å². The number of aryl methyl sites for hydroxylation is 2. The Morgan fingerprint density at radius 3 is 2.60 bits per heavy atom. The van der Waals surface area contributed by atoms with Crippen LogP contribution in [0.1, 0.15) is 23.6 Å². The monoisotopic (exact) mass is 278 g/mol. The van der Waals surface area contributed by atoms with Crippen molar-refractivity contribution in [2.24, 2.45) is 0 Å². The van der Waals surface area contributed by atoms with Crippen molar-refractivity contribution < 1.29 is 18.9 Å². The fourth-order valence-corrected chi connectivity index (χ4v) is 2.93. The second-order valence-electron chi connectivity index (χ2n) is 5.56. The largest absolute Gasteiger partial charge is 0.368 e. The van der Waals surface area contributed by atoms with Crippen molar-refractivity contribution in [2.75, 3.05) is 13.2 Å². The highest BCUT2D eigenvalue weighted by molar-refractivity contribution is 5.32. The molecule has 3 rings (SSSR count). The Morgan fingerprint density at radius 2 is 1.85 bits per heavy atom. The molecule has 0 amide bonds. The molecule has 0 bridgehead atoms. The van der Waals surface area contributed by atoms with Gasteiger partial charge in [-0.3, -0.25) is 0 Å². The average molecular weight is 278 g/mol. The van der Waals surface area contributed by atoms with Crippen molar-refractivity contribution in [3.05, 3.63) is 34.9 Å². The van der Waals surface area contributed by atoms with Crippen LogP contribution in [-0.4, -0.2) is 37.8 Å². The van der Waals surface area contributed by atoms with Crippen LogP contribution >= 0.6 is 0 Å². The van der Waals surface area contributed by atoms with Crippen molar-refractivity contribution in [1.29, 1.82) is 0 Å². The zero-order valence-electron chi connectivity index (χ0n) is 12.3. The van der Waals surface area contributed by atoms with Gasteiger partial charge in [-0.15, -0.1) is 0 Å². The van der Waals surface area contributed by atoms with E-state index < -0.39 is 0 Å². The Morgan fingerprint density at radius 1 is 1.15 bits per heavy atom. The molecule has 0 radical (unpaired) electrons. The molecule has 2 fully saturated rings. The van der Waals surface area contributed by atoms with Crippen LogP contribution in [0, 0.1) is 13.8 Å². The summed E-state index contributed by atoms with van der Waals surface area (Å²) in [6, 6.07) is 6.30. The van der Waals surface area contributed by atoms with E-state index in [1.54, 1.807) is 0 Å². The Kier molecular flexibility index (Phi) is 4.08. The summed E-state index contributed by atoms with van der Waals surface area (Å²) < 4.78 is 23.2. The van der Waals surface area contributed by atoms with Crippen LogP contribution in [0.2, 0.25) is 0 Å². The molecule has 0 N–H and O–H groups in total. The molecule has 0 aromatic heterocycles. The SMILES string of the molecule is Cc1cccc(C)c1CO[C@@H]1[C@H]2OCCO[C@H]2O[C@@H]1C. The van der Waals surface area contributed by atoms with Gasteiger partial charge in [0.2, 0.25) is 0 Å². The molecule has 2 aliphatic rings. The number of hydrogen-bond donors (Lipinski definition) is 0. The van der Waals surface area contributed by atoms with E-state index in [0.717, 1.165) is 0 Å². The summed E-state index contributed by atoms with van der Waals surface area (Å²) in [6.07, 6.45) is -0.462. The second-order valence-corrected chi connectivity index (χ2v) is 5.56. The number of benzene rings is 1. The van der Waals surface area contributed by atoms with E-state index in [2.05, 4.69) is 32.0 Å². The number of ether oxygens (including phenoxy) is 4. The Bertz CT molecular complexity index is 453. The molecule has 110 valence electrons. The Labute approximate surface area is 120 Å². The number of hydrogen-bond acceptors (Lipinski definition) is 4. The summed E-state index contributed by atoms with van der Waals surface area (Å²) in [5.74, 6) is 0. The fourth-order valence-electron chi connectivity index (χ4n) is 2.93. The fraction of sp³-hybridized carbons (Fsp3) is 0.625. The van der Waals surface area contributed by atoms with Crippen molar-refractivity contribution >= 4 is 0 Å². The lowest BCUT2D eigenvalue weighted by molar-refractivity contribution is -0.221. The summed E-state index contributed by atoms with van der Waals surface area (Å²) >= 11 is 0. The van der Waals surface area contributed by atoms with Crippen LogP contribution in [0.4, 0.5) is 0 Å². The normalized spacial score (nSPS) is 33.1. The lowest BCUT2D eigenvalue weighted by Crippen LogP contribution is -2.42. The third-order valence-corrected chi connectivity index (χ3v) is 4.14. The first-order valence-corrected chi connectivity index (χ1v) is 7.22. The van der Waals surface area contributed by atoms with Gasteiger partial charge in [-0.2, -0.15) is 0 Å². The summed E-state index contributed by atoms with van der Waals surface area (Å²) in [6.45, 7) is 8.04. The predicted molar refractivity (Wildman–Crippen MR) is 74.5 cm³/mol. The molecule has 0 unspecified atom stereocenters. The predicted octanol–water partition coefficient (Wildman–Crippen LogP) is 2.35. The van der Waals surface area contributed by atoms with E-state index in [1.807, 2.05) is 6.92 Å². The van der Waals surface area contributed by atoms with Gasteiger partial charge in [0.1, 0.15) is 12.2 Å². The van der Waals surface area contributed by atoms with Crippen molar-refractivity contribution in [3.63, 3.8) is 0 Å². The van der Waals surface area contributed by atoms with Gasteiger partial charge in [0.05, 0.1) is 25.9 Å². The van der Waals surface area contributed by atoms with Gasteiger partial charge in [-0.05, 0) is 37.5 Å². The highest BCUT2D eigenvalue weighted by Crippen LogP contribution is 2.30. The van der Waals surface area contributed by atoms with E-state index in [9.17, 15) is 0 Å². The molecule has 1 aromatic carbocycles. The van der Waals surface area contributed by atoms with E-state index in [0.29, 0.717) is 19.8 Å². The molecule has 0 spiro atoms. The lowest BCUT2D eigenvalue weighted by atomic mass is 10.0. The van der Waals surface area contributed by atoms with Gasteiger partial charge in [-0.1, -0.05) is 18.2 Å². The Hall–Kier alpha value is -0.940. The van der Waals surface area contributed by atoms with Gasteiger partial charge in [-0.25, -0.2) is 0 Å². The topological polar surface area (TPSA) is 36.9 Å². The summed E-state index contributed by atoms with van der Waals surface area (Å²) in [5, 5.41) is 0. The minimum absolute atomic E-state index is 0.00701. The van der Waals surface area contributed by atoms with Gasteiger partial charge in [0.15, 0.2) is 6.29 Å². The first-order valence-electron chi connectivity index (χ1n) is 7.22. The smallest absolute Gasteiger partial charge is 0.186 e. The third-order valence-electron chi connectivity index (χ3n) is 4.14. The number of fused-ring (bicyclic) bond motifs is 1. The summed E-state index contributed by atoms with van der Waals surface area (Å²) in [4.78, 5) is 0. The molecule has 0 aliphatic carbocycles. The van der Waals surface area contributed by atoms with Crippen molar-refractivity contribution in [2.45, 2.75) is 52.0 Å². The van der Waals surface area contributed by atoms with E-state index in [4.69, 9.17) is 18.9 Å². The van der Waals surface area contributed by atoms with Crippen LogP contribution in [-0.2, 0) is 25.6 Å². The lowest BCUT2D eigenvalue weighted by Gasteiger charge is -2.28. The zero-order chi connectivity index (χ0) is 14.1. The van der Waals surface area contributed by atoms with Gasteiger partial charge >= 0.3 is 0 Å². The van der Waals surface area contributed by atoms with Crippen molar-refractivity contribution in [3.8, 4) is 0 Å². The van der Waals surface area contributed by atoms with Gasteiger partial charge in [0.25, 0.3) is 0 Å². The molecule has 0 saturated carbocycles. The van der Waals surface area contributed by atoms with Crippen LogP contribution in [0.25, 0.3) is 0 Å². The maximum atomic E-state index is 6.10. The molecule has 4 heteroatoms. The molecule has 4 nitrogen and oxygen atoms in total. The molecular formula is C16H22O4. The Balaban J connectivity index is 1.68. The minimum Gasteiger partial charge on any atom is -0.368 e. The van der Waals surface area contributed by atoms with E-state index in [1.165, 1.54) is 16.7 Å². The summed E-state index contributed by atoms with van der Waals surface area (Å²) in [7, 11) is 0. The highest BCUT2D eigenvalue weighted by atomic mass is 16.7. The van der Waals surface area contributed by atoms with E-state index in [-0.39, 0.29) is 24.6 Å². The second kappa shape index (κ2) is 5.82. The van der Waals surface area contributed by atoms with E-state index >= 15 is 0 Å². The zero-order valence-corrected chi connectivity index (χ0v) is 12.3. The molecule has 4 atom stereocenters. The molecule has 2 heterocycles. The summed E-state index contributed by atoms with van der Waals surface area (Å²) in [5.41, 5.74) is 3.77. The number of rotatable bonds is 3. The maximum absolute atomic E-state index is 6.10. The van der Waals surface area contributed by atoms with Crippen molar-refractivity contribution in [1.82, 2.24) is 0 Å². The maximum Gasteiger partial charge on any atom is 0.186 e. The molecule has 2 aliphatic heterocycles. The molecule has 2 saturated heterocycles.